The smallest absolute Gasteiger partial charge is 0.339 e. The molecule has 0 spiro atoms. The van der Waals surface area contributed by atoms with Crippen molar-refractivity contribution in [3.63, 3.8) is 0 Å². The molecule has 2 amide bonds. The number of rotatable bonds is 9. The molecule has 0 bridgehead atoms. The van der Waals surface area contributed by atoms with Gasteiger partial charge in [-0.2, -0.15) is 8.42 Å². The Hall–Kier alpha value is -2.58. The average Bonchev–Trinajstić information content (AvgIpc) is 2.67. The summed E-state index contributed by atoms with van der Waals surface area (Å²) in [6, 6.07) is 10.3. The standard InChI is InChI=1S/C25H33ClN2O5S/c1-17(2)15-28(24(30)14-25(4,5)6)16-19-13-20(26)7-12-23(19)33-34(31,32)22-10-8-21(9-11-22)27-18(3)29/h7-13,17H,14-16H2,1-6H3,(H,27,29). The van der Waals surface area contributed by atoms with Crippen molar-refractivity contribution in [1.29, 1.82) is 0 Å². The van der Waals surface area contributed by atoms with Crippen LogP contribution in [0.15, 0.2) is 47.4 Å². The summed E-state index contributed by atoms with van der Waals surface area (Å²) >= 11 is 6.20. The predicted molar refractivity (Wildman–Crippen MR) is 134 cm³/mol. The van der Waals surface area contributed by atoms with Crippen LogP contribution in [-0.4, -0.2) is 31.7 Å². The Labute approximate surface area is 207 Å². The molecule has 0 heterocycles. The first-order valence-electron chi connectivity index (χ1n) is 11.0. The van der Waals surface area contributed by atoms with Crippen LogP contribution in [0.1, 0.15) is 53.5 Å². The Bertz CT molecular complexity index is 1120. The fraction of sp³-hybridized carbons (Fsp3) is 0.440. The number of nitrogens with one attached hydrogen (secondary N) is 1. The van der Waals surface area contributed by atoms with Gasteiger partial charge in [0.2, 0.25) is 11.8 Å². The van der Waals surface area contributed by atoms with Crippen molar-refractivity contribution < 1.29 is 22.2 Å². The predicted octanol–water partition coefficient (Wildman–Crippen LogP) is 5.49. The maximum atomic E-state index is 13.0. The van der Waals surface area contributed by atoms with Crippen molar-refractivity contribution in [2.45, 2.75) is 59.4 Å². The molecule has 2 aromatic carbocycles. The van der Waals surface area contributed by atoms with Gasteiger partial charge in [-0.1, -0.05) is 46.2 Å². The van der Waals surface area contributed by atoms with Crippen LogP contribution in [0.25, 0.3) is 0 Å². The fourth-order valence-corrected chi connectivity index (χ4v) is 4.45. The van der Waals surface area contributed by atoms with Crippen LogP contribution in [0.3, 0.4) is 0 Å². The number of benzene rings is 2. The molecular weight excluding hydrogens is 476 g/mol. The zero-order valence-electron chi connectivity index (χ0n) is 20.5. The SMILES string of the molecule is CC(=O)Nc1ccc(S(=O)(=O)Oc2ccc(Cl)cc2CN(CC(C)C)C(=O)CC(C)(C)C)cc1. The molecule has 7 nitrogen and oxygen atoms in total. The highest BCUT2D eigenvalue weighted by molar-refractivity contribution is 7.87. The van der Waals surface area contributed by atoms with Gasteiger partial charge in [0, 0.05) is 42.7 Å². The number of hydrogen-bond acceptors (Lipinski definition) is 5. The van der Waals surface area contributed by atoms with E-state index in [0.29, 0.717) is 29.2 Å². The van der Waals surface area contributed by atoms with Gasteiger partial charge in [0.15, 0.2) is 0 Å². The lowest BCUT2D eigenvalue weighted by molar-refractivity contribution is -0.134. The quantitative estimate of drug-likeness (QED) is 0.452. The summed E-state index contributed by atoms with van der Waals surface area (Å²) in [4.78, 5) is 25.8. The van der Waals surface area contributed by atoms with Crippen molar-refractivity contribution in [3.05, 3.63) is 53.1 Å². The van der Waals surface area contributed by atoms with Crippen molar-refractivity contribution in [1.82, 2.24) is 4.90 Å². The van der Waals surface area contributed by atoms with Crippen molar-refractivity contribution >= 4 is 39.2 Å². The minimum atomic E-state index is -4.16. The second-order valence-corrected chi connectivity index (χ2v) is 11.9. The Kier molecular flexibility index (Phi) is 9.14. The van der Waals surface area contributed by atoms with E-state index in [0.717, 1.165) is 0 Å². The molecular formula is C25H33ClN2O5S. The highest BCUT2D eigenvalue weighted by Gasteiger charge is 2.25. The third-order valence-electron chi connectivity index (χ3n) is 4.67. The first kappa shape index (κ1) is 27.7. The lowest BCUT2D eigenvalue weighted by atomic mass is 9.91. The van der Waals surface area contributed by atoms with Crippen LogP contribution in [0.5, 0.6) is 5.75 Å². The first-order chi connectivity index (χ1) is 15.7. The second-order valence-electron chi connectivity index (χ2n) is 9.90. The van der Waals surface area contributed by atoms with Crippen LogP contribution < -0.4 is 9.50 Å². The molecule has 186 valence electrons. The zero-order chi connectivity index (χ0) is 25.7. The van der Waals surface area contributed by atoms with Crippen molar-refractivity contribution in [3.8, 4) is 5.75 Å². The molecule has 0 unspecified atom stereocenters. The first-order valence-corrected chi connectivity index (χ1v) is 12.8. The number of carbonyl (C=O) groups excluding carboxylic acids is 2. The van der Waals surface area contributed by atoms with E-state index >= 15 is 0 Å². The largest absolute Gasteiger partial charge is 0.379 e. The molecule has 0 saturated carbocycles. The van der Waals surface area contributed by atoms with Gasteiger partial charge in [0.1, 0.15) is 10.6 Å². The molecule has 0 aliphatic rings. The fourth-order valence-electron chi connectivity index (χ4n) is 3.29. The van der Waals surface area contributed by atoms with Gasteiger partial charge in [-0.25, -0.2) is 0 Å². The molecule has 1 N–H and O–H groups in total. The summed E-state index contributed by atoms with van der Waals surface area (Å²) in [5.74, 6) is 0.0409. The van der Waals surface area contributed by atoms with E-state index in [1.165, 1.54) is 37.3 Å². The van der Waals surface area contributed by atoms with E-state index in [9.17, 15) is 18.0 Å². The molecule has 0 aliphatic carbocycles. The molecule has 0 aliphatic heterocycles. The lowest BCUT2D eigenvalue weighted by Gasteiger charge is -2.29. The average molecular weight is 509 g/mol. The molecule has 9 heteroatoms. The monoisotopic (exact) mass is 508 g/mol. The highest BCUT2D eigenvalue weighted by Crippen LogP contribution is 2.29. The minimum Gasteiger partial charge on any atom is -0.379 e. The highest BCUT2D eigenvalue weighted by atomic mass is 35.5. The summed E-state index contributed by atoms with van der Waals surface area (Å²) < 4.78 is 31.3. The number of hydrogen-bond donors (Lipinski definition) is 1. The van der Waals surface area contributed by atoms with Gasteiger partial charge < -0.3 is 14.4 Å². The van der Waals surface area contributed by atoms with Crippen LogP contribution in [0, 0.1) is 11.3 Å². The van der Waals surface area contributed by atoms with E-state index in [1.807, 2.05) is 34.6 Å². The van der Waals surface area contributed by atoms with E-state index in [1.54, 1.807) is 17.0 Å². The van der Waals surface area contributed by atoms with Gasteiger partial charge in [-0.3, -0.25) is 9.59 Å². The summed E-state index contributed by atoms with van der Waals surface area (Å²) in [7, 11) is -4.16. The molecule has 0 atom stereocenters. The Balaban J connectivity index is 2.33. The van der Waals surface area contributed by atoms with Crippen LogP contribution in [0.4, 0.5) is 5.69 Å². The van der Waals surface area contributed by atoms with E-state index in [-0.39, 0.29) is 40.3 Å². The molecule has 0 saturated heterocycles. The third kappa shape index (κ3) is 8.65. The van der Waals surface area contributed by atoms with Gasteiger partial charge in [-0.05, 0) is 53.8 Å². The summed E-state index contributed by atoms with van der Waals surface area (Å²) in [5.41, 5.74) is 0.779. The van der Waals surface area contributed by atoms with E-state index in [2.05, 4.69) is 5.32 Å². The van der Waals surface area contributed by atoms with Gasteiger partial charge in [-0.15, -0.1) is 0 Å². The Morgan fingerprint density at radius 1 is 1.09 bits per heavy atom. The van der Waals surface area contributed by atoms with Crippen LogP contribution >= 0.6 is 11.6 Å². The van der Waals surface area contributed by atoms with Gasteiger partial charge >= 0.3 is 10.1 Å². The molecule has 34 heavy (non-hydrogen) atoms. The third-order valence-corrected chi connectivity index (χ3v) is 6.15. The molecule has 0 fully saturated rings. The van der Waals surface area contributed by atoms with Crippen molar-refractivity contribution in [2.75, 3.05) is 11.9 Å². The second kappa shape index (κ2) is 11.2. The number of anilines is 1. The van der Waals surface area contributed by atoms with E-state index < -0.39 is 10.1 Å². The number of carbonyl (C=O) groups is 2. The van der Waals surface area contributed by atoms with Crippen molar-refractivity contribution in [2.24, 2.45) is 11.3 Å². The van der Waals surface area contributed by atoms with E-state index in [4.69, 9.17) is 15.8 Å². The van der Waals surface area contributed by atoms with Gasteiger partial charge in [0.25, 0.3) is 0 Å². The number of amides is 2. The normalized spacial score (nSPS) is 11.9. The van der Waals surface area contributed by atoms with Crippen LogP contribution in [-0.2, 0) is 26.3 Å². The minimum absolute atomic E-state index is 0.0245. The lowest BCUT2D eigenvalue weighted by Crippen LogP contribution is -2.36. The molecule has 0 aromatic heterocycles. The maximum absolute atomic E-state index is 13.0. The Morgan fingerprint density at radius 3 is 2.24 bits per heavy atom. The molecule has 0 radical (unpaired) electrons. The maximum Gasteiger partial charge on any atom is 0.339 e. The molecule has 2 rings (SSSR count). The topological polar surface area (TPSA) is 92.8 Å². The summed E-state index contributed by atoms with van der Waals surface area (Å²) in [6.45, 7) is 12.1. The van der Waals surface area contributed by atoms with Gasteiger partial charge in [0.05, 0.1) is 0 Å². The van der Waals surface area contributed by atoms with Crippen LogP contribution in [0.2, 0.25) is 5.02 Å². The number of halogens is 1. The summed E-state index contributed by atoms with van der Waals surface area (Å²) in [6.07, 6.45) is 0.357. The Morgan fingerprint density at radius 2 is 1.71 bits per heavy atom. The summed E-state index contributed by atoms with van der Waals surface area (Å²) in [5, 5.41) is 2.99. The molecule has 2 aromatic rings. The number of nitrogens with zero attached hydrogens (tertiary/aromatic N) is 1. The zero-order valence-corrected chi connectivity index (χ0v) is 22.1.